The van der Waals surface area contributed by atoms with Gasteiger partial charge in [0.2, 0.25) is 0 Å². The van der Waals surface area contributed by atoms with Gasteiger partial charge in [-0.3, -0.25) is 25.8 Å². The monoisotopic (exact) mass is 507 g/mol. The minimum atomic E-state index is -0.443. The Labute approximate surface area is 196 Å². The third-order valence-electron chi connectivity index (χ3n) is 4.17. The lowest BCUT2D eigenvalue weighted by molar-refractivity contribution is -0.123. The number of carbonyl (C=O) groups is 2. The largest absolute Gasteiger partial charge is 0.494 e. The van der Waals surface area contributed by atoms with E-state index in [0.29, 0.717) is 23.7 Å². The number of amides is 2. The van der Waals surface area contributed by atoms with Crippen LogP contribution in [0.1, 0.15) is 42.1 Å². The van der Waals surface area contributed by atoms with Crippen LogP contribution in [0.25, 0.3) is 0 Å². The number of benzene rings is 2. The third-order valence-corrected chi connectivity index (χ3v) is 5.27. The van der Waals surface area contributed by atoms with E-state index in [4.69, 9.17) is 21.7 Å². The first-order valence-corrected chi connectivity index (χ1v) is 11.1. The SMILES string of the molecule is CCCCCOc1ccc(C(=O)NC(=S)NNC(=O)COc2ccc(Br)c(C)c2)cc1. The Morgan fingerprint density at radius 2 is 1.71 bits per heavy atom. The number of thiocarbonyl (C=S) groups is 1. The van der Waals surface area contributed by atoms with Crippen molar-refractivity contribution in [1.82, 2.24) is 16.2 Å². The van der Waals surface area contributed by atoms with Gasteiger partial charge in [-0.1, -0.05) is 35.7 Å². The molecule has 0 aliphatic heterocycles. The first-order chi connectivity index (χ1) is 14.9. The van der Waals surface area contributed by atoms with E-state index in [1.807, 2.05) is 19.1 Å². The Morgan fingerprint density at radius 3 is 2.39 bits per heavy atom. The van der Waals surface area contributed by atoms with Crippen molar-refractivity contribution in [2.45, 2.75) is 33.1 Å². The van der Waals surface area contributed by atoms with Crippen LogP contribution in [0, 0.1) is 6.92 Å². The summed E-state index contributed by atoms with van der Waals surface area (Å²) in [6.07, 6.45) is 3.25. The summed E-state index contributed by atoms with van der Waals surface area (Å²) in [6.45, 7) is 4.51. The maximum atomic E-state index is 12.3. The normalized spacial score (nSPS) is 10.2. The second-order valence-corrected chi connectivity index (χ2v) is 8.00. The predicted molar refractivity (Wildman–Crippen MR) is 127 cm³/mol. The smallest absolute Gasteiger partial charge is 0.276 e. The van der Waals surface area contributed by atoms with Gasteiger partial charge in [0, 0.05) is 10.0 Å². The highest BCUT2D eigenvalue weighted by Crippen LogP contribution is 2.21. The maximum Gasteiger partial charge on any atom is 0.276 e. The van der Waals surface area contributed by atoms with Crippen molar-refractivity contribution in [2.75, 3.05) is 13.2 Å². The van der Waals surface area contributed by atoms with Crippen LogP contribution in [0.4, 0.5) is 0 Å². The van der Waals surface area contributed by atoms with Gasteiger partial charge in [0.1, 0.15) is 11.5 Å². The van der Waals surface area contributed by atoms with Gasteiger partial charge in [-0.2, -0.15) is 0 Å². The van der Waals surface area contributed by atoms with Gasteiger partial charge in [-0.25, -0.2) is 0 Å². The van der Waals surface area contributed by atoms with Crippen LogP contribution in [-0.2, 0) is 4.79 Å². The van der Waals surface area contributed by atoms with E-state index in [1.165, 1.54) is 0 Å². The Bertz CT molecular complexity index is 906. The van der Waals surface area contributed by atoms with Gasteiger partial charge in [0.15, 0.2) is 11.7 Å². The molecule has 0 atom stereocenters. The molecule has 0 bridgehead atoms. The molecule has 2 aromatic rings. The zero-order valence-electron chi connectivity index (χ0n) is 17.5. The van der Waals surface area contributed by atoms with Crippen LogP contribution in [0.3, 0.4) is 0 Å². The zero-order valence-corrected chi connectivity index (χ0v) is 19.9. The third kappa shape index (κ3) is 8.94. The fraction of sp³-hybridized carbons (Fsp3) is 0.318. The molecule has 0 aromatic heterocycles. The molecule has 2 aromatic carbocycles. The Balaban J connectivity index is 1.70. The van der Waals surface area contributed by atoms with Crippen molar-refractivity contribution >= 4 is 45.1 Å². The number of rotatable bonds is 9. The molecule has 0 heterocycles. The van der Waals surface area contributed by atoms with E-state index in [1.54, 1.807) is 30.3 Å². The van der Waals surface area contributed by atoms with Crippen LogP contribution < -0.4 is 25.6 Å². The van der Waals surface area contributed by atoms with Gasteiger partial charge in [0.05, 0.1) is 6.61 Å². The molecule has 3 N–H and O–H groups in total. The van der Waals surface area contributed by atoms with Crippen LogP contribution in [0.5, 0.6) is 11.5 Å². The Hall–Kier alpha value is -2.65. The molecule has 31 heavy (non-hydrogen) atoms. The molecule has 0 saturated carbocycles. The van der Waals surface area contributed by atoms with Crippen molar-refractivity contribution in [1.29, 1.82) is 0 Å². The molecule has 0 radical (unpaired) electrons. The highest BCUT2D eigenvalue weighted by molar-refractivity contribution is 9.10. The van der Waals surface area contributed by atoms with Crippen molar-refractivity contribution in [3.8, 4) is 11.5 Å². The quantitative estimate of drug-likeness (QED) is 0.269. The lowest BCUT2D eigenvalue weighted by Gasteiger charge is -2.12. The predicted octanol–water partition coefficient (Wildman–Crippen LogP) is 4.04. The summed E-state index contributed by atoms with van der Waals surface area (Å²) in [5.41, 5.74) is 6.28. The van der Waals surface area contributed by atoms with Crippen LogP contribution >= 0.6 is 28.1 Å². The summed E-state index contributed by atoms with van der Waals surface area (Å²) in [5.74, 6) is 0.443. The fourth-order valence-corrected chi connectivity index (χ4v) is 2.86. The molecule has 0 unspecified atom stereocenters. The second-order valence-electron chi connectivity index (χ2n) is 6.74. The molecule has 0 aliphatic rings. The standard InChI is InChI=1S/C22H26BrN3O4S/c1-3-4-5-12-29-17-8-6-16(7-9-17)21(28)24-22(31)26-25-20(27)14-30-18-10-11-19(23)15(2)13-18/h6-11,13H,3-5,12,14H2,1-2H3,(H,25,27)(H2,24,26,28,31). The molecule has 166 valence electrons. The van der Waals surface area contributed by atoms with Gasteiger partial charge < -0.3 is 9.47 Å². The number of unbranched alkanes of at least 4 members (excludes halogenated alkanes) is 2. The first-order valence-electron chi connectivity index (χ1n) is 9.91. The van der Waals surface area contributed by atoms with Crippen molar-refractivity contribution in [3.63, 3.8) is 0 Å². The summed E-state index contributed by atoms with van der Waals surface area (Å²) < 4.78 is 12.0. The second kappa shape index (κ2) is 12.9. The number of halogens is 1. The number of aryl methyl sites for hydroxylation is 1. The van der Waals surface area contributed by atoms with Gasteiger partial charge in [-0.15, -0.1) is 0 Å². The van der Waals surface area contributed by atoms with E-state index in [9.17, 15) is 9.59 Å². The summed E-state index contributed by atoms with van der Waals surface area (Å²) in [6, 6.07) is 12.2. The first kappa shape index (κ1) is 24.6. The number of hydrazine groups is 1. The molecular weight excluding hydrogens is 482 g/mol. The van der Waals surface area contributed by atoms with E-state index in [0.717, 1.165) is 29.3 Å². The van der Waals surface area contributed by atoms with Gasteiger partial charge in [0.25, 0.3) is 11.8 Å². The van der Waals surface area contributed by atoms with Crippen molar-refractivity contribution < 1.29 is 19.1 Å². The molecule has 2 rings (SSSR count). The van der Waals surface area contributed by atoms with Crippen LogP contribution in [-0.4, -0.2) is 30.1 Å². The highest BCUT2D eigenvalue weighted by atomic mass is 79.9. The molecule has 0 saturated heterocycles. The lowest BCUT2D eigenvalue weighted by Crippen LogP contribution is -2.49. The highest BCUT2D eigenvalue weighted by Gasteiger charge is 2.09. The summed E-state index contributed by atoms with van der Waals surface area (Å²) in [4.78, 5) is 24.2. The summed E-state index contributed by atoms with van der Waals surface area (Å²) in [5, 5.41) is 2.47. The van der Waals surface area contributed by atoms with Crippen LogP contribution in [0.2, 0.25) is 0 Å². The fourth-order valence-electron chi connectivity index (χ4n) is 2.47. The number of hydrogen-bond donors (Lipinski definition) is 3. The Kier molecular flexibility index (Phi) is 10.3. The van der Waals surface area contributed by atoms with Crippen LogP contribution in [0.15, 0.2) is 46.9 Å². The van der Waals surface area contributed by atoms with E-state index >= 15 is 0 Å². The molecular formula is C22H26BrN3O4S. The molecule has 0 aliphatic carbocycles. The van der Waals surface area contributed by atoms with E-state index in [2.05, 4.69) is 39.0 Å². The minimum Gasteiger partial charge on any atom is -0.494 e. The number of nitrogens with one attached hydrogen (secondary N) is 3. The van der Waals surface area contributed by atoms with Crippen molar-refractivity contribution in [2.24, 2.45) is 0 Å². The summed E-state index contributed by atoms with van der Waals surface area (Å²) >= 11 is 8.44. The van der Waals surface area contributed by atoms with Crippen molar-refractivity contribution in [3.05, 3.63) is 58.1 Å². The molecule has 7 nitrogen and oxygen atoms in total. The molecule has 9 heteroatoms. The number of carbonyl (C=O) groups excluding carboxylic acids is 2. The van der Waals surface area contributed by atoms with Gasteiger partial charge in [-0.05, 0) is 73.6 Å². The lowest BCUT2D eigenvalue weighted by atomic mass is 10.2. The molecule has 0 fully saturated rings. The zero-order chi connectivity index (χ0) is 22.6. The minimum absolute atomic E-state index is 0.0299. The maximum absolute atomic E-state index is 12.3. The summed E-state index contributed by atoms with van der Waals surface area (Å²) in [7, 11) is 0. The van der Waals surface area contributed by atoms with E-state index in [-0.39, 0.29) is 11.7 Å². The average Bonchev–Trinajstić information content (AvgIpc) is 2.76. The molecule has 0 spiro atoms. The van der Waals surface area contributed by atoms with E-state index < -0.39 is 11.8 Å². The Morgan fingerprint density at radius 1 is 1.00 bits per heavy atom. The molecule has 2 amide bonds. The number of hydrogen-bond acceptors (Lipinski definition) is 5. The number of ether oxygens (including phenoxy) is 2. The topological polar surface area (TPSA) is 88.7 Å². The van der Waals surface area contributed by atoms with Gasteiger partial charge >= 0.3 is 0 Å². The average molecular weight is 508 g/mol.